The molecular formula is C16H18N2O3. The predicted molar refractivity (Wildman–Crippen MR) is 76.7 cm³/mol. The third-order valence-corrected chi connectivity index (χ3v) is 4.51. The Hall–Kier alpha value is -1.88. The average molecular weight is 286 g/mol. The summed E-state index contributed by atoms with van der Waals surface area (Å²) in [5.74, 6) is -0.157. The molecular weight excluding hydrogens is 268 g/mol. The fraction of sp³-hybridized carbons (Fsp3) is 0.500. The van der Waals surface area contributed by atoms with Gasteiger partial charge in [-0.3, -0.25) is 4.79 Å². The topological polar surface area (TPSA) is 53.4 Å². The van der Waals surface area contributed by atoms with Crippen LogP contribution in [0.2, 0.25) is 0 Å². The Morgan fingerprint density at radius 1 is 1.38 bits per heavy atom. The maximum absolute atomic E-state index is 12.1. The number of hydrogen-bond donors (Lipinski definition) is 0. The molecule has 5 heteroatoms. The van der Waals surface area contributed by atoms with Crippen molar-refractivity contribution in [1.82, 2.24) is 9.55 Å². The molecule has 0 radical (unpaired) electrons. The van der Waals surface area contributed by atoms with Crippen LogP contribution >= 0.6 is 0 Å². The lowest BCUT2D eigenvalue weighted by molar-refractivity contribution is -0.150. The Labute approximate surface area is 122 Å². The van der Waals surface area contributed by atoms with Gasteiger partial charge in [0.2, 0.25) is 0 Å². The zero-order valence-electron chi connectivity index (χ0n) is 11.8. The second kappa shape index (κ2) is 5.15. The van der Waals surface area contributed by atoms with E-state index in [2.05, 4.69) is 4.98 Å². The number of para-hydroxylation sites is 2. The highest BCUT2D eigenvalue weighted by atomic mass is 16.5. The molecule has 5 nitrogen and oxygen atoms in total. The Morgan fingerprint density at radius 3 is 3.10 bits per heavy atom. The molecule has 2 fully saturated rings. The SMILES string of the molecule is O=C(OCCn1cnc2ccccc21)C1CC2CCC1O2. The number of rotatable bonds is 4. The average Bonchev–Trinajstić information content (AvgIpc) is 3.22. The third-order valence-electron chi connectivity index (χ3n) is 4.51. The first-order valence-corrected chi connectivity index (χ1v) is 7.53. The molecule has 0 N–H and O–H groups in total. The van der Waals surface area contributed by atoms with Crippen molar-refractivity contribution in [2.75, 3.05) is 6.61 Å². The molecule has 2 aromatic rings. The Bertz CT molecular complexity index is 666. The molecule has 3 unspecified atom stereocenters. The third kappa shape index (κ3) is 2.31. The van der Waals surface area contributed by atoms with E-state index in [1.165, 1.54) is 0 Å². The lowest BCUT2D eigenvalue weighted by Gasteiger charge is -2.17. The van der Waals surface area contributed by atoms with Crippen LogP contribution in [0.25, 0.3) is 11.0 Å². The first-order valence-electron chi connectivity index (χ1n) is 7.53. The van der Waals surface area contributed by atoms with Crippen LogP contribution in [0.5, 0.6) is 0 Å². The Morgan fingerprint density at radius 2 is 2.29 bits per heavy atom. The van der Waals surface area contributed by atoms with E-state index in [0.717, 1.165) is 30.3 Å². The highest BCUT2D eigenvalue weighted by molar-refractivity contribution is 5.75. The first-order chi connectivity index (χ1) is 10.3. The molecule has 3 heterocycles. The minimum Gasteiger partial charge on any atom is -0.463 e. The van der Waals surface area contributed by atoms with E-state index in [0.29, 0.717) is 13.2 Å². The Kier molecular flexibility index (Phi) is 3.15. The first kappa shape index (κ1) is 12.8. The monoisotopic (exact) mass is 286 g/mol. The van der Waals surface area contributed by atoms with E-state index in [9.17, 15) is 4.79 Å². The zero-order chi connectivity index (χ0) is 14.2. The van der Waals surface area contributed by atoms with Crippen molar-refractivity contribution in [3.63, 3.8) is 0 Å². The second-order valence-electron chi connectivity index (χ2n) is 5.81. The second-order valence-corrected chi connectivity index (χ2v) is 5.81. The van der Waals surface area contributed by atoms with Crippen LogP contribution in [0.3, 0.4) is 0 Å². The number of fused-ring (bicyclic) bond motifs is 3. The summed E-state index contributed by atoms with van der Waals surface area (Å²) in [5.41, 5.74) is 2.03. The van der Waals surface area contributed by atoms with Crippen LogP contribution in [0.1, 0.15) is 19.3 Å². The largest absolute Gasteiger partial charge is 0.463 e. The molecule has 1 aromatic heterocycles. The zero-order valence-corrected chi connectivity index (χ0v) is 11.8. The lowest BCUT2D eigenvalue weighted by atomic mass is 9.89. The number of carbonyl (C=O) groups excluding carboxylic acids is 1. The molecule has 4 rings (SSSR count). The van der Waals surface area contributed by atoms with Gasteiger partial charge >= 0.3 is 5.97 Å². The number of benzene rings is 1. The summed E-state index contributed by atoms with van der Waals surface area (Å²) in [5, 5.41) is 0. The van der Waals surface area contributed by atoms with Crippen molar-refractivity contribution in [2.45, 2.75) is 38.0 Å². The summed E-state index contributed by atoms with van der Waals surface area (Å²) < 4.78 is 13.1. The van der Waals surface area contributed by atoms with Gasteiger partial charge in [-0.1, -0.05) is 12.1 Å². The van der Waals surface area contributed by atoms with Crippen molar-refractivity contribution in [3.8, 4) is 0 Å². The summed E-state index contributed by atoms with van der Waals surface area (Å²) in [6.45, 7) is 1.01. The summed E-state index contributed by atoms with van der Waals surface area (Å²) in [6.07, 6.45) is 5.09. The smallest absolute Gasteiger partial charge is 0.311 e. The van der Waals surface area contributed by atoms with Gasteiger partial charge in [0.1, 0.15) is 6.61 Å². The molecule has 0 amide bonds. The van der Waals surface area contributed by atoms with Crippen LogP contribution in [0.4, 0.5) is 0 Å². The number of hydrogen-bond acceptors (Lipinski definition) is 4. The molecule has 21 heavy (non-hydrogen) atoms. The minimum absolute atomic E-state index is 0.0525. The van der Waals surface area contributed by atoms with Crippen molar-refractivity contribution in [1.29, 1.82) is 0 Å². The van der Waals surface area contributed by atoms with Gasteiger partial charge in [-0.15, -0.1) is 0 Å². The molecule has 2 bridgehead atoms. The van der Waals surface area contributed by atoms with E-state index in [-0.39, 0.29) is 24.1 Å². The van der Waals surface area contributed by atoms with Crippen molar-refractivity contribution in [2.24, 2.45) is 5.92 Å². The van der Waals surface area contributed by atoms with Crippen LogP contribution in [0, 0.1) is 5.92 Å². The molecule has 2 saturated heterocycles. The van der Waals surface area contributed by atoms with Crippen molar-refractivity contribution < 1.29 is 14.3 Å². The van der Waals surface area contributed by atoms with Gasteiger partial charge in [0, 0.05) is 0 Å². The van der Waals surface area contributed by atoms with Crippen molar-refractivity contribution in [3.05, 3.63) is 30.6 Å². The van der Waals surface area contributed by atoms with Gasteiger partial charge in [0.15, 0.2) is 0 Å². The van der Waals surface area contributed by atoms with Crippen molar-refractivity contribution >= 4 is 17.0 Å². The number of aromatic nitrogens is 2. The molecule has 2 aliphatic heterocycles. The van der Waals surface area contributed by atoms with Gasteiger partial charge in [-0.2, -0.15) is 0 Å². The maximum atomic E-state index is 12.1. The molecule has 0 saturated carbocycles. The van der Waals surface area contributed by atoms with E-state index >= 15 is 0 Å². The predicted octanol–water partition coefficient (Wildman–Crippen LogP) is 2.15. The summed E-state index contributed by atoms with van der Waals surface area (Å²) >= 11 is 0. The summed E-state index contributed by atoms with van der Waals surface area (Å²) in [6, 6.07) is 7.95. The fourth-order valence-corrected chi connectivity index (χ4v) is 3.43. The maximum Gasteiger partial charge on any atom is 0.311 e. The number of ether oxygens (including phenoxy) is 2. The van der Waals surface area contributed by atoms with Crippen LogP contribution in [0.15, 0.2) is 30.6 Å². The van der Waals surface area contributed by atoms with Crippen LogP contribution < -0.4 is 0 Å². The van der Waals surface area contributed by atoms with Crippen LogP contribution in [-0.2, 0) is 20.8 Å². The number of carbonyl (C=O) groups is 1. The van der Waals surface area contributed by atoms with Gasteiger partial charge in [0.25, 0.3) is 0 Å². The lowest BCUT2D eigenvalue weighted by Crippen LogP contribution is -2.28. The van der Waals surface area contributed by atoms with E-state index in [1.807, 2.05) is 28.8 Å². The molecule has 2 aliphatic rings. The summed E-state index contributed by atoms with van der Waals surface area (Å²) in [4.78, 5) is 16.4. The quantitative estimate of drug-likeness (QED) is 0.808. The summed E-state index contributed by atoms with van der Waals surface area (Å²) in [7, 11) is 0. The van der Waals surface area contributed by atoms with Gasteiger partial charge in [0.05, 0.1) is 42.0 Å². The molecule has 0 aliphatic carbocycles. The fourth-order valence-electron chi connectivity index (χ4n) is 3.43. The molecule has 3 atom stereocenters. The normalized spacial score (nSPS) is 27.3. The van der Waals surface area contributed by atoms with Gasteiger partial charge in [-0.25, -0.2) is 4.98 Å². The van der Waals surface area contributed by atoms with E-state index < -0.39 is 0 Å². The van der Waals surface area contributed by atoms with Gasteiger partial charge in [-0.05, 0) is 31.4 Å². The Balaban J connectivity index is 1.34. The molecule has 0 spiro atoms. The number of esters is 1. The number of imidazole rings is 1. The minimum atomic E-state index is -0.105. The van der Waals surface area contributed by atoms with E-state index in [4.69, 9.17) is 9.47 Å². The molecule has 1 aromatic carbocycles. The van der Waals surface area contributed by atoms with E-state index in [1.54, 1.807) is 6.33 Å². The molecule has 110 valence electrons. The van der Waals surface area contributed by atoms with Gasteiger partial charge < -0.3 is 14.0 Å². The highest BCUT2D eigenvalue weighted by Gasteiger charge is 2.45. The number of nitrogens with zero attached hydrogens (tertiary/aromatic N) is 2. The standard InChI is InChI=1S/C16H18N2O3/c19-16(12-9-11-5-6-15(12)21-11)20-8-7-18-10-17-13-3-1-2-4-14(13)18/h1-4,10-12,15H,5-9H2. The van der Waals surface area contributed by atoms with Crippen LogP contribution in [-0.4, -0.2) is 34.3 Å². The highest BCUT2D eigenvalue weighted by Crippen LogP contribution is 2.39.